The summed E-state index contributed by atoms with van der Waals surface area (Å²) in [6, 6.07) is 0. The predicted molar refractivity (Wildman–Crippen MR) is 47.6 cm³/mol. The highest BCUT2D eigenvalue weighted by molar-refractivity contribution is 5.26. The maximum atomic E-state index is 12.3. The van der Waals surface area contributed by atoms with Gasteiger partial charge in [-0.2, -0.15) is 18.2 Å². The summed E-state index contributed by atoms with van der Waals surface area (Å²) < 4.78 is 41.4. The van der Waals surface area contributed by atoms with Gasteiger partial charge in [0.1, 0.15) is 0 Å². The molecule has 1 aromatic heterocycles. The number of nitrogens with zero attached hydrogens (tertiary/aromatic N) is 2. The van der Waals surface area contributed by atoms with Gasteiger partial charge in [0.15, 0.2) is 0 Å². The van der Waals surface area contributed by atoms with Crippen LogP contribution in [-0.4, -0.2) is 28.7 Å². The minimum absolute atomic E-state index is 0.0259. The van der Waals surface area contributed by atoms with Crippen LogP contribution in [0.3, 0.4) is 0 Å². The molecule has 0 bridgehead atoms. The lowest BCUT2D eigenvalue weighted by atomic mass is 10.2. The average Bonchev–Trinajstić information content (AvgIpc) is 2.26. The normalized spacial score (nSPS) is 13.6. The zero-order valence-corrected chi connectivity index (χ0v) is 8.32. The number of aliphatic hydroxyl groups is 1. The van der Waals surface area contributed by atoms with E-state index in [-0.39, 0.29) is 18.0 Å². The van der Waals surface area contributed by atoms with E-state index in [1.807, 2.05) is 0 Å². The molecule has 0 radical (unpaired) electrons. The monoisotopic (exact) mass is 237 g/mol. The van der Waals surface area contributed by atoms with E-state index in [4.69, 9.17) is 5.73 Å². The molecule has 0 aliphatic carbocycles. The van der Waals surface area contributed by atoms with Gasteiger partial charge < -0.3 is 15.6 Å². The van der Waals surface area contributed by atoms with Crippen LogP contribution in [0.2, 0.25) is 0 Å². The molecule has 0 saturated heterocycles. The highest BCUT2D eigenvalue weighted by Crippen LogP contribution is 2.29. The third-order valence-electron chi connectivity index (χ3n) is 1.81. The zero-order chi connectivity index (χ0) is 12.3. The second-order valence-electron chi connectivity index (χ2n) is 2.91. The van der Waals surface area contributed by atoms with Crippen molar-refractivity contribution < 1.29 is 23.0 Å². The van der Waals surface area contributed by atoms with Crippen molar-refractivity contribution in [3.63, 3.8) is 0 Å². The summed E-state index contributed by atoms with van der Waals surface area (Å²) in [7, 11) is 1.15. The van der Waals surface area contributed by atoms with Crippen LogP contribution in [0.1, 0.15) is 17.5 Å². The smallest absolute Gasteiger partial charge is 0.451 e. The standard InChI is InChI=1S/C8H10F3N3O2/c1-16-6-4(5(15)2-12)3-13-7(14-6)8(9,10)11/h3,5,15H,2,12H2,1H3. The van der Waals surface area contributed by atoms with Gasteiger partial charge in [0.05, 0.1) is 18.8 Å². The van der Waals surface area contributed by atoms with Crippen LogP contribution in [0.5, 0.6) is 5.88 Å². The number of aromatic nitrogens is 2. The lowest BCUT2D eigenvalue weighted by Gasteiger charge is -2.13. The fraction of sp³-hybridized carbons (Fsp3) is 0.500. The molecule has 0 amide bonds. The summed E-state index contributed by atoms with van der Waals surface area (Å²) in [5.41, 5.74) is 5.19. The Balaban J connectivity index is 3.17. The third kappa shape index (κ3) is 2.58. The second kappa shape index (κ2) is 4.62. The first-order valence-electron chi connectivity index (χ1n) is 4.26. The number of methoxy groups -OCH3 is 1. The van der Waals surface area contributed by atoms with Gasteiger partial charge in [-0.25, -0.2) is 4.98 Å². The Morgan fingerprint density at radius 3 is 2.62 bits per heavy atom. The number of ether oxygens (including phenoxy) is 1. The first-order chi connectivity index (χ1) is 7.40. The van der Waals surface area contributed by atoms with Gasteiger partial charge in [0, 0.05) is 12.7 Å². The van der Waals surface area contributed by atoms with Crippen molar-refractivity contribution in [2.75, 3.05) is 13.7 Å². The van der Waals surface area contributed by atoms with Crippen LogP contribution in [-0.2, 0) is 6.18 Å². The van der Waals surface area contributed by atoms with E-state index in [1.165, 1.54) is 0 Å². The van der Waals surface area contributed by atoms with Crippen molar-refractivity contribution in [1.82, 2.24) is 9.97 Å². The highest BCUT2D eigenvalue weighted by atomic mass is 19.4. The molecule has 1 aromatic rings. The van der Waals surface area contributed by atoms with Crippen LogP contribution < -0.4 is 10.5 Å². The van der Waals surface area contributed by atoms with E-state index in [2.05, 4.69) is 14.7 Å². The van der Waals surface area contributed by atoms with E-state index in [1.54, 1.807) is 0 Å². The maximum Gasteiger partial charge on any atom is 0.451 e. The molecular formula is C8H10F3N3O2. The Kier molecular flexibility index (Phi) is 3.66. The molecule has 1 atom stereocenters. The largest absolute Gasteiger partial charge is 0.481 e. The number of hydrogen-bond donors (Lipinski definition) is 2. The number of aliphatic hydroxyl groups excluding tert-OH is 1. The Hall–Kier alpha value is -1.41. The fourth-order valence-corrected chi connectivity index (χ4v) is 1.03. The number of alkyl halides is 3. The number of hydrogen-bond acceptors (Lipinski definition) is 5. The summed E-state index contributed by atoms with van der Waals surface area (Å²) in [5.74, 6) is -1.66. The quantitative estimate of drug-likeness (QED) is 0.799. The molecule has 0 saturated carbocycles. The van der Waals surface area contributed by atoms with Gasteiger partial charge in [-0.15, -0.1) is 0 Å². The molecule has 0 aliphatic rings. The van der Waals surface area contributed by atoms with Crippen molar-refractivity contribution >= 4 is 0 Å². The summed E-state index contributed by atoms with van der Waals surface area (Å²) in [5, 5.41) is 9.37. The third-order valence-corrected chi connectivity index (χ3v) is 1.81. The van der Waals surface area contributed by atoms with Gasteiger partial charge >= 0.3 is 6.18 Å². The van der Waals surface area contributed by atoms with Crippen LogP contribution in [0.15, 0.2) is 6.20 Å². The number of halogens is 3. The van der Waals surface area contributed by atoms with Crippen molar-refractivity contribution in [2.24, 2.45) is 5.73 Å². The molecule has 16 heavy (non-hydrogen) atoms. The molecule has 8 heteroatoms. The van der Waals surface area contributed by atoms with Crippen molar-refractivity contribution in [3.05, 3.63) is 17.6 Å². The number of nitrogens with two attached hydrogens (primary N) is 1. The van der Waals surface area contributed by atoms with Gasteiger partial charge in [-0.1, -0.05) is 0 Å². The molecule has 1 unspecified atom stereocenters. The molecule has 0 fully saturated rings. The first kappa shape index (κ1) is 12.7. The second-order valence-corrected chi connectivity index (χ2v) is 2.91. The first-order valence-corrected chi connectivity index (χ1v) is 4.26. The van der Waals surface area contributed by atoms with Crippen molar-refractivity contribution in [1.29, 1.82) is 0 Å². The van der Waals surface area contributed by atoms with Crippen molar-refractivity contribution in [2.45, 2.75) is 12.3 Å². The molecule has 1 rings (SSSR count). The Labute approximate surface area is 89.1 Å². The molecule has 0 aliphatic heterocycles. The number of rotatable bonds is 3. The van der Waals surface area contributed by atoms with Crippen molar-refractivity contribution in [3.8, 4) is 5.88 Å². The molecule has 3 N–H and O–H groups in total. The maximum absolute atomic E-state index is 12.3. The minimum atomic E-state index is -4.65. The predicted octanol–water partition coefficient (Wildman–Crippen LogP) is 0.496. The molecule has 5 nitrogen and oxygen atoms in total. The topological polar surface area (TPSA) is 81.3 Å². The molecular weight excluding hydrogens is 227 g/mol. The van der Waals surface area contributed by atoms with Crippen LogP contribution in [0, 0.1) is 0 Å². The summed E-state index contributed by atoms with van der Waals surface area (Å²) in [6.45, 7) is -0.162. The van der Waals surface area contributed by atoms with E-state index in [9.17, 15) is 18.3 Å². The van der Waals surface area contributed by atoms with Gasteiger partial charge in [-0.3, -0.25) is 0 Å². The van der Waals surface area contributed by atoms with Crippen LogP contribution in [0.25, 0.3) is 0 Å². The summed E-state index contributed by atoms with van der Waals surface area (Å²) in [6.07, 6.45) is -4.96. The van der Waals surface area contributed by atoms with Gasteiger partial charge in [0.2, 0.25) is 11.7 Å². The fourth-order valence-electron chi connectivity index (χ4n) is 1.03. The van der Waals surface area contributed by atoms with E-state index in [0.717, 1.165) is 13.3 Å². The Morgan fingerprint density at radius 2 is 2.19 bits per heavy atom. The van der Waals surface area contributed by atoms with Crippen LogP contribution in [0.4, 0.5) is 13.2 Å². The summed E-state index contributed by atoms with van der Waals surface area (Å²) in [4.78, 5) is 6.25. The van der Waals surface area contributed by atoms with Crippen LogP contribution >= 0.6 is 0 Å². The molecule has 1 heterocycles. The zero-order valence-electron chi connectivity index (χ0n) is 8.32. The molecule has 0 aromatic carbocycles. The van der Waals surface area contributed by atoms with E-state index in [0.29, 0.717) is 0 Å². The van der Waals surface area contributed by atoms with E-state index < -0.39 is 18.1 Å². The Morgan fingerprint density at radius 1 is 1.56 bits per heavy atom. The minimum Gasteiger partial charge on any atom is -0.481 e. The molecule has 90 valence electrons. The SMILES string of the molecule is COc1nc(C(F)(F)F)ncc1C(O)CN. The lowest BCUT2D eigenvalue weighted by molar-refractivity contribution is -0.145. The van der Waals surface area contributed by atoms with Gasteiger partial charge in [-0.05, 0) is 0 Å². The molecule has 0 spiro atoms. The van der Waals surface area contributed by atoms with Gasteiger partial charge in [0.25, 0.3) is 0 Å². The summed E-state index contributed by atoms with van der Waals surface area (Å²) >= 11 is 0. The highest BCUT2D eigenvalue weighted by Gasteiger charge is 2.35. The van der Waals surface area contributed by atoms with E-state index >= 15 is 0 Å². The average molecular weight is 237 g/mol. The Bertz CT molecular complexity index is 370. The lowest BCUT2D eigenvalue weighted by Crippen LogP contribution is -2.17.